The molecule has 2 rings (SSSR count). The van der Waals surface area contributed by atoms with E-state index < -0.39 is 12.0 Å². The smallest absolute Gasteiger partial charge is 0.329 e. The fraction of sp³-hybridized carbons (Fsp3) is 0.158. The van der Waals surface area contributed by atoms with Crippen molar-refractivity contribution in [1.29, 1.82) is 0 Å². The summed E-state index contributed by atoms with van der Waals surface area (Å²) in [5.41, 5.74) is 1.40. The van der Waals surface area contributed by atoms with E-state index in [0.717, 1.165) is 5.56 Å². The van der Waals surface area contributed by atoms with Crippen LogP contribution in [0.15, 0.2) is 60.7 Å². The van der Waals surface area contributed by atoms with Crippen molar-refractivity contribution < 1.29 is 14.3 Å². The summed E-state index contributed by atoms with van der Waals surface area (Å²) >= 11 is 0. The van der Waals surface area contributed by atoms with E-state index in [1.165, 1.54) is 0 Å². The topological polar surface area (TPSA) is 55.4 Å². The lowest BCUT2D eigenvalue weighted by Crippen LogP contribution is -2.43. The van der Waals surface area contributed by atoms with Gasteiger partial charge < -0.3 is 10.1 Å². The zero-order chi connectivity index (χ0) is 16.5. The minimum Gasteiger partial charge on any atom is -0.451 e. The number of carbonyl (C=O) groups is 2. The molecule has 0 saturated carbocycles. The van der Waals surface area contributed by atoms with Crippen LogP contribution >= 0.6 is 0 Å². The molecule has 0 heterocycles. The Bertz CT molecular complexity index is 690. The number of amides is 1. The summed E-state index contributed by atoms with van der Waals surface area (Å²) < 4.78 is 4.97. The van der Waals surface area contributed by atoms with Gasteiger partial charge >= 0.3 is 5.97 Å². The molecule has 0 radical (unpaired) electrons. The zero-order valence-corrected chi connectivity index (χ0v) is 12.6. The van der Waals surface area contributed by atoms with Gasteiger partial charge in [-0.1, -0.05) is 54.5 Å². The molecule has 0 spiro atoms. The molecule has 0 aliphatic carbocycles. The average Bonchev–Trinajstić information content (AvgIpc) is 2.60. The Labute approximate surface area is 135 Å². The quantitative estimate of drug-likeness (QED) is 0.657. The molecule has 0 aromatic heterocycles. The van der Waals surface area contributed by atoms with E-state index in [0.29, 0.717) is 12.0 Å². The van der Waals surface area contributed by atoms with E-state index in [1.54, 1.807) is 24.3 Å². The third-order valence-electron chi connectivity index (χ3n) is 3.21. The number of benzene rings is 2. The van der Waals surface area contributed by atoms with Gasteiger partial charge in [0.25, 0.3) is 5.91 Å². The van der Waals surface area contributed by atoms with E-state index in [1.807, 2.05) is 36.4 Å². The van der Waals surface area contributed by atoms with Gasteiger partial charge in [0.2, 0.25) is 0 Å². The van der Waals surface area contributed by atoms with Gasteiger partial charge in [0.05, 0.1) is 0 Å². The summed E-state index contributed by atoms with van der Waals surface area (Å²) in [6.07, 6.45) is 5.44. The van der Waals surface area contributed by atoms with Crippen molar-refractivity contribution in [3.05, 3.63) is 71.8 Å². The Morgan fingerprint density at radius 2 is 1.65 bits per heavy atom. The Morgan fingerprint density at radius 1 is 1.04 bits per heavy atom. The summed E-state index contributed by atoms with van der Waals surface area (Å²) in [6, 6.07) is 17.3. The number of nitrogens with one attached hydrogen (secondary N) is 1. The maximum atomic E-state index is 12.3. The predicted molar refractivity (Wildman–Crippen MR) is 87.6 cm³/mol. The van der Waals surface area contributed by atoms with Crippen LogP contribution in [0.3, 0.4) is 0 Å². The maximum Gasteiger partial charge on any atom is 0.329 e. The van der Waals surface area contributed by atoms with Crippen LogP contribution in [0.4, 0.5) is 0 Å². The Morgan fingerprint density at radius 3 is 2.26 bits per heavy atom. The number of terminal acetylenes is 1. The highest BCUT2D eigenvalue weighted by molar-refractivity contribution is 5.96. The number of carbonyl (C=O) groups excluding carboxylic acids is 2. The summed E-state index contributed by atoms with van der Waals surface area (Å²) in [6.45, 7) is -0.120. The van der Waals surface area contributed by atoms with Crippen molar-refractivity contribution in [3.8, 4) is 12.3 Å². The van der Waals surface area contributed by atoms with Crippen molar-refractivity contribution in [2.45, 2.75) is 12.5 Å². The lowest BCUT2D eigenvalue weighted by atomic mass is 10.1. The number of esters is 1. The first-order valence-electron chi connectivity index (χ1n) is 7.20. The molecular formula is C19H17NO3. The van der Waals surface area contributed by atoms with Gasteiger partial charge in [-0.3, -0.25) is 4.79 Å². The number of hydrogen-bond donors (Lipinski definition) is 1. The van der Waals surface area contributed by atoms with Gasteiger partial charge in [-0.25, -0.2) is 4.79 Å². The Kier molecular flexibility index (Phi) is 5.96. The van der Waals surface area contributed by atoms with E-state index >= 15 is 0 Å². The lowest BCUT2D eigenvalue weighted by Gasteiger charge is -2.17. The first-order valence-corrected chi connectivity index (χ1v) is 7.20. The van der Waals surface area contributed by atoms with Gasteiger partial charge in [0, 0.05) is 12.0 Å². The average molecular weight is 307 g/mol. The summed E-state index contributed by atoms with van der Waals surface area (Å²) in [4.78, 5) is 24.4. The molecule has 0 bridgehead atoms. The highest BCUT2D eigenvalue weighted by Gasteiger charge is 2.23. The van der Waals surface area contributed by atoms with Gasteiger partial charge in [-0.15, -0.1) is 6.42 Å². The molecule has 1 amide bonds. The molecule has 0 saturated heterocycles. The molecule has 116 valence electrons. The standard InChI is InChI=1S/C19H17NO3/c1-2-13-23-19(22)17(14-15-9-5-3-6-10-15)20-18(21)16-11-7-4-8-12-16/h1,3-12,17H,13-14H2,(H,20,21)/t17-/m1/s1. The predicted octanol–water partition coefficient (Wildman–Crippen LogP) is 2.20. The second-order valence-electron chi connectivity index (χ2n) is 4.89. The van der Waals surface area contributed by atoms with Gasteiger partial charge in [-0.2, -0.15) is 0 Å². The van der Waals surface area contributed by atoms with Gasteiger partial charge in [0.15, 0.2) is 6.61 Å². The summed E-state index contributed by atoms with van der Waals surface area (Å²) in [5.74, 6) is 1.37. The fourth-order valence-corrected chi connectivity index (χ4v) is 2.09. The molecule has 0 aliphatic heterocycles. The Balaban J connectivity index is 2.11. The second-order valence-corrected chi connectivity index (χ2v) is 4.89. The van der Waals surface area contributed by atoms with Gasteiger partial charge in [0.1, 0.15) is 6.04 Å². The van der Waals surface area contributed by atoms with E-state index in [2.05, 4.69) is 11.2 Å². The van der Waals surface area contributed by atoms with Crippen LogP contribution in [-0.2, 0) is 16.0 Å². The van der Waals surface area contributed by atoms with Crippen molar-refractivity contribution in [3.63, 3.8) is 0 Å². The van der Waals surface area contributed by atoms with Crippen molar-refractivity contribution in [1.82, 2.24) is 5.32 Å². The SMILES string of the molecule is C#CCOC(=O)[C@@H](Cc1ccccc1)NC(=O)c1ccccc1. The molecule has 2 aromatic rings. The largest absolute Gasteiger partial charge is 0.451 e. The molecule has 2 aromatic carbocycles. The van der Waals surface area contributed by atoms with Crippen LogP contribution in [0.2, 0.25) is 0 Å². The van der Waals surface area contributed by atoms with Crippen LogP contribution in [0.25, 0.3) is 0 Å². The van der Waals surface area contributed by atoms with Crippen LogP contribution in [0, 0.1) is 12.3 Å². The second kappa shape index (κ2) is 8.40. The van der Waals surface area contributed by atoms with E-state index in [9.17, 15) is 9.59 Å². The van der Waals surface area contributed by atoms with Crippen LogP contribution < -0.4 is 5.32 Å². The third kappa shape index (κ3) is 5.01. The molecular weight excluding hydrogens is 290 g/mol. The first-order chi connectivity index (χ1) is 11.2. The van der Waals surface area contributed by atoms with Crippen LogP contribution in [0.5, 0.6) is 0 Å². The first kappa shape index (κ1) is 16.3. The molecule has 0 fully saturated rings. The fourth-order valence-electron chi connectivity index (χ4n) is 2.09. The molecule has 0 unspecified atom stereocenters. The van der Waals surface area contributed by atoms with Gasteiger partial charge in [-0.05, 0) is 17.7 Å². The normalized spacial score (nSPS) is 11.1. The van der Waals surface area contributed by atoms with Crippen molar-refractivity contribution >= 4 is 11.9 Å². The lowest BCUT2D eigenvalue weighted by molar-refractivity contribution is -0.144. The minimum absolute atomic E-state index is 0.120. The monoisotopic (exact) mass is 307 g/mol. The van der Waals surface area contributed by atoms with Crippen molar-refractivity contribution in [2.75, 3.05) is 6.61 Å². The van der Waals surface area contributed by atoms with Crippen LogP contribution in [-0.4, -0.2) is 24.5 Å². The summed E-state index contributed by atoms with van der Waals surface area (Å²) in [7, 11) is 0. The van der Waals surface area contributed by atoms with Crippen molar-refractivity contribution in [2.24, 2.45) is 0 Å². The maximum absolute atomic E-state index is 12.3. The highest BCUT2D eigenvalue weighted by atomic mass is 16.5. The molecule has 1 atom stereocenters. The van der Waals surface area contributed by atoms with E-state index in [4.69, 9.17) is 11.2 Å². The number of rotatable bonds is 6. The van der Waals surface area contributed by atoms with Crippen LogP contribution in [0.1, 0.15) is 15.9 Å². The molecule has 1 N–H and O–H groups in total. The highest BCUT2D eigenvalue weighted by Crippen LogP contribution is 2.07. The zero-order valence-electron chi connectivity index (χ0n) is 12.6. The minimum atomic E-state index is -0.793. The molecule has 23 heavy (non-hydrogen) atoms. The third-order valence-corrected chi connectivity index (χ3v) is 3.21. The number of ether oxygens (including phenoxy) is 1. The number of hydrogen-bond acceptors (Lipinski definition) is 3. The molecule has 0 aliphatic rings. The molecule has 4 nitrogen and oxygen atoms in total. The molecule has 4 heteroatoms. The summed E-state index contributed by atoms with van der Waals surface area (Å²) in [5, 5.41) is 2.71. The Hall–Kier alpha value is -3.06. The van der Waals surface area contributed by atoms with E-state index in [-0.39, 0.29) is 12.5 Å².